The van der Waals surface area contributed by atoms with Gasteiger partial charge in [0.1, 0.15) is 31.0 Å². The molecule has 12 nitrogen and oxygen atoms in total. The van der Waals surface area contributed by atoms with E-state index in [9.17, 15) is 34.5 Å². The number of carboxylic acids is 1. The number of carbonyl (C=O) groups is 4. The van der Waals surface area contributed by atoms with Crippen LogP contribution in [-0.2, 0) is 23.9 Å². The van der Waals surface area contributed by atoms with Gasteiger partial charge >= 0.3 is 12.1 Å². The topological polar surface area (TPSA) is 198 Å². The maximum atomic E-state index is 12.5. The minimum Gasteiger partial charge on any atom is -0.480 e. The number of alkyl carbamates (subject to hydrolysis) is 1. The number of hydrogen-bond acceptors (Lipinski definition) is 8. The molecule has 12 heteroatoms. The minimum absolute atomic E-state index is 0.0129. The second kappa shape index (κ2) is 12.2. The monoisotopic (exact) mass is 541 g/mol. The van der Waals surface area contributed by atoms with Crippen LogP contribution < -0.4 is 16.4 Å². The number of aliphatic hydroxyl groups is 2. The molecule has 0 aromatic heterocycles. The number of aliphatic carboxylic acids is 1. The van der Waals surface area contributed by atoms with Crippen LogP contribution in [0.5, 0.6) is 0 Å². The van der Waals surface area contributed by atoms with Gasteiger partial charge in [0.05, 0.1) is 12.5 Å². The SMILES string of the molecule is NC(=O)C[C@@H]1O[C@H](CNC(=O)CC[C@H](NC(=O)OCC2c3ccccc3-c3ccccc32)C(=O)O)[C@@H](O)[C@H]1O. The van der Waals surface area contributed by atoms with Crippen molar-refractivity contribution >= 4 is 23.9 Å². The predicted octanol–water partition coefficient (Wildman–Crippen LogP) is 0.239. The van der Waals surface area contributed by atoms with Crippen LogP contribution in [0.4, 0.5) is 4.79 Å². The maximum Gasteiger partial charge on any atom is 0.407 e. The molecule has 0 radical (unpaired) electrons. The zero-order valence-corrected chi connectivity index (χ0v) is 21.0. The number of rotatable bonds is 11. The maximum absolute atomic E-state index is 12.5. The van der Waals surface area contributed by atoms with E-state index in [2.05, 4.69) is 10.6 Å². The fraction of sp³-hybridized carbons (Fsp3) is 0.407. The van der Waals surface area contributed by atoms with Gasteiger partial charge in [0, 0.05) is 18.9 Å². The molecule has 1 aliphatic carbocycles. The van der Waals surface area contributed by atoms with Crippen molar-refractivity contribution in [3.63, 3.8) is 0 Å². The molecule has 0 bridgehead atoms. The van der Waals surface area contributed by atoms with Gasteiger partial charge < -0.3 is 41.2 Å². The molecule has 2 aromatic rings. The molecule has 3 amide bonds. The molecule has 0 unspecified atom stereocenters. The molecule has 2 aliphatic rings. The Kier molecular flexibility index (Phi) is 8.79. The number of nitrogens with one attached hydrogen (secondary N) is 2. The molecule has 1 saturated heterocycles. The Bertz CT molecular complexity index is 1190. The fourth-order valence-electron chi connectivity index (χ4n) is 4.98. The molecule has 0 spiro atoms. The van der Waals surface area contributed by atoms with Crippen LogP contribution in [0.15, 0.2) is 48.5 Å². The fourth-order valence-corrected chi connectivity index (χ4v) is 4.98. The van der Waals surface area contributed by atoms with E-state index >= 15 is 0 Å². The van der Waals surface area contributed by atoms with Crippen molar-refractivity contribution in [3.8, 4) is 11.1 Å². The Hall–Kier alpha value is -4.00. The van der Waals surface area contributed by atoms with Crippen molar-refractivity contribution in [2.45, 2.75) is 55.6 Å². The first-order valence-corrected chi connectivity index (χ1v) is 12.6. The number of ether oxygens (including phenoxy) is 2. The van der Waals surface area contributed by atoms with Crippen LogP contribution in [0, 0.1) is 0 Å². The lowest BCUT2D eigenvalue weighted by atomic mass is 9.98. The first-order valence-electron chi connectivity index (χ1n) is 12.6. The number of fused-ring (bicyclic) bond motifs is 3. The van der Waals surface area contributed by atoms with Crippen molar-refractivity contribution < 1.29 is 44.0 Å². The standard InChI is InChI=1S/C27H31N3O9/c28-22(31)11-20-24(33)25(34)21(39-20)12-29-23(32)10-9-19(26(35)36)30-27(37)38-13-18-16-7-3-1-5-14(16)15-6-2-4-8-17(15)18/h1-8,18-21,24-25,33-34H,9-13H2,(H2,28,31)(H,29,32)(H,30,37)(H,35,36)/t19-,20-,21+,24-,25+/m0/s1. The van der Waals surface area contributed by atoms with E-state index < -0.39 is 54.3 Å². The summed E-state index contributed by atoms with van der Waals surface area (Å²) in [7, 11) is 0. The largest absolute Gasteiger partial charge is 0.480 e. The van der Waals surface area contributed by atoms with E-state index in [1.54, 1.807) is 0 Å². The van der Waals surface area contributed by atoms with E-state index in [0.29, 0.717) is 0 Å². The number of nitrogens with two attached hydrogens (primary N) is 1. The van der Waals surface area contributed by atoms with E-state index in [-0.39, 0.29) is 38.3 Å². The lowest BCUT2D eigenvalue weighted by molar-refractivity contribution is -0.139. The summed E-state index contributed by atoms with van der Waals surface area (Å²) in [5.74, 6) is -2.78. The third-order valence-electron chi connectivity index (χ3n) is 6.96. The molecule has 0 saturated carbocycles. The Morgan fingerprint density at radius 3 is 2.13 bits per heavy atom. The van der Waals surface area contributed by atoms with E-state index in [1.165, 1.54) is 0 Å². The van der Waals surface area contributed by atoms with Crippen molar-refractivity contribution in [3.05, 3.63) is 59.7 Å². The lowest BCUT2D eigenvalue weighted by Gasteiger charge is -2.18. The predicted molar refractivity (Wildman–Crippen MR) is 136 cm³/mol. The highest BCUT2D eigenvalue weighted by molar-refractivity contribution is 5.82. The van der Waals surface area contributed by atoms with Crippen molar-refractivity contribution in [1.29, 1.82) is 0 Å². The summed E-state index contributed by atoms with van der Waals surface area (Å²) in [6.45, 7) is -0.164. The van der Waals surface area contributed by atoms with Crippen LogP contribution in [0.3, 0.4) is 0 Å². The van der Waals surface area contributed by atoms with Crippen molar-refractivity contribution in [1.82, 2.24) is 10.6 Å². The minimum atomic E-state index is -1.37. The summed E-state index contributed by atoms with van der Waals surface area (Å²) in [6, 6.07) is 14.2. The Balaban J connectivity index is 1.24. The molecule has 208 valence electrons. The average molecular weight is 542 g/mol. The van der Waals surface area contributed by atoms with Crippen LogP contribution in [0.1, 0.15) is 36.3 Å². The second-order valence-corrected chi connectivity index (χ2v) is 9.57. The highest BCUT2D eigenvalue weighted by Crippen LogP contribution is 2.44. The van der Waals surface area contributed by atoms with Crippen LogP contribution >= 0.6 is 0 Å². The number of primary amides is 1. The molecule has 2 aromatic carbocycles. The summed E-state index contributed by atoms with van der Waals surface area (Å²) in [5.41, 5.74) is 9.25. The normalized spacial score (nSPS) is 22.4. The molecule has 4 rings (SSSR count). The number of hydrogen-bond donors (Lipinski definition) is 6. The number of aliphatic hydroxyl groups excluding tert-OH is 2. The summed E-state index contributed by atoms with van der Waals surface area (Å²) in [5, 5.41) is 34.3. The molecule has 5 atom stereocenters. The highest BCUT2D eigenvalue weighted by atomic mass is 16.6. The zero-order chi connectivity index (χ0) is 28.1. The van der Waals surface area contributed by atoms with E-state index in [0.717, 1.165) is 22.3 Å². The Labute approximate surface area is 224 Å². The lowest BCUT2D eigenvalue weighted by Crippen LogP contribution is -2.43. The molecular weight excluding hydrogens is 510 g/mol. The number of benzene rings is 2. The van der Waals surface area contributed by atoms with Gasteiger partial charge in [0.25, 0.3) is 0 Å². The molecule has 39 heavy (non-hydrogen) atoms. The molecular formula is C27H31N3O9. The summed E-state index contributed by atoms with van der Waals surface area (Å²) in [4.78, 5) is 47.5. The second-order valence-electron chi connectivity index (χ2n) is 9.57. The molecule has 1 fully saturated rings. The quantitative estimate of drug-likeness (QED) is 0.231. The zero-order valence-electron chi connectivity index (χ0n) is 21.0. The molecule has 1 heterocycles. The highest BCUT2D eigenvalue weighted by Gasteiger charge is 2.43. The summed E-state index contributed by atoms with van der Waals surface area (Å²) >= 11 is 0. The van der Waals surface area contributed by atoms with Crippen LogP contribution in [0.25, 0.3) is 11.1 Å². The number of amides is 3. The van der Waals surface area contributed by atoms with Gasteiger partial charge in [-0.3, -0.25) is 9.59 Å². The number of carbonyl (C=O) groups excluding carboxylic acids is 3. The van der Waals surface area contributed by atoms with Gasteiger partial charge in [-0.05, 0) is 28.7 Å². The van der Waals surface area contributed by atoms with Gasteiger partial charge in [-0.2, -0.15) is 0 Å². The van der Waals surface area contributed by atoms with E-state index in [1.807, 2.05) is 48.5 Å². The summed E-state index contributed by atoms with van der Waals surface area (Å²) in [6.07, 6.45) is -6.30. The van der Waals surface area contributed by atoms with Gasteiger partial charge in [0.2, 0.25) is 11.8 Å². The van der Waals surface area contributed by atoms with Gasteiger partial charge in [-0.25, -0.2) is 9.59 Å². The van der Waals surface area contributed by atoms with Crippen molar-refractivity contribution in [2.24, 2.45) is 5.73 Å². The average Bonchev–Trinajstić information content (AvgIpc) is 3.37. The van der Waals surface area contributed by atoms with Crippen molar-refractivity contribution in [2.75, 3.05) is 13.2 Å². The molecule has 7 N–H and O–H groups in total. The van der Waals surface area contributed by atoms with Gasteiger partial charge in [-0.1, -0.05) is 48.5 Å². The first-order chi connectivity index (χ1) is 18.7. The third-order valence-corrected chi connectivity index (χ3v) is 6.96. The summed E-state index contributed by atoms with van der Waals surface area (Å²) < 4.78 is 10.8. The first kappa shape index (κ1) is 28.0. The smallest absolute Gasteiger partial charge is 0.407 e. The molecule has 1 aliphatic heterocycles. The van der Waals surface area contributed by atoms with Crippen LogP contribution in [-0.4, -0.2) is 82.8 Å². The Morgan fingerprint density at radius 2 is 1.54 bits per heavy atom. The van der Waals surface area contributed by atoms with Gasteiger partial charge in [0.15, 0.2) is 0 Å². The Morgan fingerprint density at radius 1 is 0.949 bits per heavy atom. The number of carboxylic acid groups (broad SMARTS) is 1. The van der Waals surface area contributed by atoms with Gasteiger partial charge in [-0.15, -0.1) is 0 Å². The van der Waals surface area contributed by atoms with E-state index in [4.69, 9.17) is 15.2 Å². The third kappa shape index (κ3) is 6.53. The van der Waals surface area contributed by atoms with Crippen LogP contribution in [0.2, 0.25) is 0 Å².